The van der Waals surface area contributed by atoms with Crippen molar-refractivity contribution in [2.45, 2.75) is 13.5 Å². The Morgan fingerprint density at radius 3 is 2.55 bits per heavy atom. The predicted molar refractivity (Wildman–Crippen MR) is 114 cm³/mol. The van der Waals surface area contributed by atoms with Crippen LogP contribution < -0.4 is 10.1 Å². The van der Waals surface area contributed by atoms with Crippen molar-refractivity contribution in [1.29, 1.82) is 0 Å². The molecule has 0 aliphatic carbocycles. The van der Waals surface area contributed by atoms with Crippen molar-refractivity contribution in [1.82, 2.24) is 10.2 Å². The number of fused-ring (bicyclic) bond motifs is 1. The van der Waals surface area contributed by atoms with Gasteiger partial charge in [-0.3, -0.25) is 9.69 Å². The summed E-state index contributed by atoms with van der Waals surface area (Å²) < 4.78 is 5.76. The summed E-state index contributed by atoms with van der Waals surface area (Å²) in [7, 11) is 0. The number of amides is 3. The number of ether oxygens (including phenoxy) is 1. The number of hydrogen-bond acceptors (Lipinski definition) is 3. The average molecular weight is 407 g/mol. The number of benzene rings is 3. The standard InChI is InChI=1S/C23H19ClN2O3/c1-2-29-21-12-9-16-5-3-4-6-18(16)19(21)13-20-22(27)26(23(28)25-20)14-15-7-10-17(24)11-8-15/h3-13H,2,14H2,1H3,(H,25,28)/b20-13-. The molecule has 146 valence electrons. The zero-order valence-electron chi connectivity index (χ0n) is 15.8. The fourth-order valence-electron chi connectivity index (χ4n) is 3.34. The first kappa shape index (κ1) is 19.0. The van der Waals surface area contributed by atoms with E-state index in [-0.39, 0.29) is 18.1 Å². The van der Waals surface area contributed by atoms with Gasteiger partial charge >= 0.3 is 6.03 Å². The molecule has 3 aromatic carbocycles. The molecule has 0 radical (unpaired) electrons. The minimum Gasteiger partial charge on any atom is -0.493 e. The Bertz CT molecular complexity index is 1120. The van der Waals surface area contributed by atoms with Gasteiger partial charge in [0.2, 0.25) is 0 Å². The number of halogens is 1. The molecule has 3 amide bonds. The SMILES string of the molecule is CCOc1ccc2ccccc2c1/C=C1\NC(=O)N(Cc2ccc(Cl)cc2)C1=O. The van der Waals surface area contributed by atoms with Crippen LogP contribution in [0.4, 0.5) is 4.79 Å². The van der Waals surface area contributed by atoms with Crippen molar-refractivity contribution >= 4 is 40.4 Å². The van der Waals surface area contributed by atoms with Crippen molar-refractivity contribution < 1.29 is 14.3 Å². The monoisotopic (exact) mass is 406 g/mol. The van der Waals surface area contributed by atoms with Crippen LogP contribution >= 0.6 is 11.6 Å². The second-order valence-electron chi connectivity index (χ2n) is 6.64. The van der Waals surface area contributed by atoms with Gasteiger partial charge in [0.05, 0.1) is 13.2 Å². The summed E-state index contributed by atoms with van der Waals surface area (Å²) in [6, 6.07) is 18.3. The third kappa shape index (κ3) is 3.82. The first-order chi connectivity index (χ1) is 14.1. The third-order valence-electron chi connectivity index (χ3n) is 4.74. The Kier molecular flexibility index (Phi) is 5.23. The van der Waals surface area contributed by atoms with E-state index in [2.05, 4.69) is 5.32 Å². The number of nitrogens with one attached hydrogen (secondary N) is 1. The van der Waals surface area contributed by atoms with Crippen LogP contribution in [0.3, 0.4) is 0 Å². The van der Waals surface area contributed by atoms with Gasteiger partial charge in [-0.25, -0.2) is 4.79 Å². The number of carbonyl (C=O) groups is 2. The van der Waals surface area contributed by atoms with Gasteiger partial charge in [-0.15, -0.1) is 0 Å². The lowest BCUT2D eigenvalue weighted by atomic mass is 10.0. The fourth-order valence-corrected chi connectivity index (χ4v) is 3.46. The minimum atomic E-state index is -0.450. The Morgan fingerprint density at radius 2 is 1.79 bits per heavy atom. The normalized spacial score (nSPS) is 15.2. The Labute approximate surface area is 173 Å². The van der Waals surface area contributed by atoms with E-state index in [0.717, 1.165) is 21.9 Å². The van der Waals surface area contributed by atoms with Crippen LogP contribution in [0.25, 0.3) is 16.8 Å². The highest BCUT2D eigenvalue weighted by Crippen LogP contribution is 2.31. The van der Waals surface area contributed by atoms with E-state index in [1.807, 2.05) is 43.3 Å². The van der Waals surface area contributed by atoms with E-state index in [1.165, 1.54) is 4.90 Å². The number of carbonyl (C=O) groups excluding carboxylic acids is 2. The highest BCUT2D eigenvalue weighted by atomic mass is 35.5. The van der Waals surface area contributed by atoms with Crippen LogP contribution in [0.5, 0.6) is 5.75 Å². The molecule has 1 saturated heterocycles. The second-order valence-corrected chi connectivity index (χ2v) is 7.07. The Hall–Kier alpha value is -3.31. The zero-order chi connectivity index (χ0) is 20.4. The molecule has 0 atom stereocenters. The lowest BCUT2D eigenvalue weighted by molar-refractivity contribution is -0.123. The van der Waals surface area contributed by atoms with Crippen LogP contribution in [-0.4, -0.2) is 23.4 Å². The average Bonchev–Trinajstić information content (AvgIpc) is 2.99. The summed E-state index contributed by atoms with van der Waals surface area (Å²) in [4.78, 5) is 26.5. The maximum absolute atomic E-state index is 12.9. The molecule has 5 nitrogen and oxygen atoms in total. The molecule has 6 heteroatoms. The van der Waals surface area contributed by atoms with Crippen LogP contribution in [0, 0.1) is 0 Å². The van der Waals surface area contributed by atoms with Crippen molar-refractivity contribution in [2.24, 2.45) is 0 Å². The molecule has 0 unspecified atom stereocenters. The van der Waals surface area contributed by atoms with Crippen LogP contribution in [0.2, 0.25) is 5.02 Å². The molecule has 0 aromatic heterocycles. The molecule has 29 heavy (non-hydrogen) atoms. The molecular formula is C23H19ClN2O3. The van der Waals surface area contributed by atoms with Gasteiger partial charge in [0.25, 0.3) is 5.91 Å². The smallest absolute Gasteiger partial charge is 0.329 e. The van der Waals surface area contributed by atoms with Gasteiger partial charge in [0, 0.05) is 10.6 Å². The van der Waals surface area contributed by atoms with Gasteiger partial charge in [-0.05, 0) is 47.5 Å². The maximum atomic E-state index is 12.9. The molecule has 1 aliphatic rings. The van der Waals surface area contributed by atoms with Crippen molar-refractivity contribution in [3.8, 4) is 5.75 Å². The second kappa shape index (κ2) is 7.97. The summed E-state index contributed by atoms with van der Waals surface area (Å²) in [5, 5.41) is 5.26. The molecule has 4 rings (SSSR count). The number of imide groups is 1. The lowest BCUT2D eigenvalue weighted by Gasteiger charge is -2.12. The number of urea groups is 1. The van der Waals surface area contributed by atoms with E-state index in [9.17, 15) is 9.59 Å². The van der Waals surface area contributed by atoms with Gasteiger partial charge < -0.3 is 10.1 Å². The molecule has 1 heterocycles. The first-order valence-electron chi connectivity index (χ1n) is 9.30. The largest absolute Gasteiger partial charge is 0.493 e. The topological polar surface area (TPSA) is 58.6 Å². The van der Waals surface area contributed by atoms with Gasteiger partial charge in [-0.1, -0.05) is 54.1 Å². The molecular weight excluding hydrogens is 388 g/mol. The first-order valence-corrected chi connectivity index (χ1v) is 9.68. The van der Waals surface area contributed by atoms with Gasteiger partial charge in [0.15, 0.2) is 0 Å². The number of rotatable bonds is 5. The van der Waals surface area contributed by atoms with Crippen LogP contribution in [0.1, 0.15) is 18.1 Å². The van der Waals surface area contributed by atoms with Crippen molar-refractivity contribution in [2.75, 3.05) is 6.61 Å². The molecule has 1 N–H and O–H groups in total. The molecule has 0 spiro atoms. The van der Waals surface area contributed by atoms with E-state index in [4.69, 9.17) is 16.3 Å². The third-order valence-corrected chi connectivity index (χ3v) is 4.99. The van der Waals surface area contributed by atoms with Gasteiger partial charge in [-0.2, -0.15) is 0 Å². The predicted octanol–water partition coefficient (Wildman–Crippen LogP) is 4.98. The summed E-state index contributed by atoms with van der Waals surface area (Å²) >= 11 is 5.91. The molecule has 0 bridgehead atoms. The summed E-state index contributed by atoms with van der Waals surface area (Å²) in [6.45, 7) is 2.58. The molecule has 0 saturated carbocycles. The number of hydrogen-bond donors (Lipinski definition) is 1. The highest BCUT2D eigenvalue weighted by molar-refractivity contribution is 6.30. The van der Waals surface area contributed by atoms with E-state index in [1.54, 1.807) is 30.3 Å². The molecule has 1 aliphatic heterocycles. The minimum absolute atomic E-state index is 0.174. The summed E-state index contributed by atoms with van der Waals surface area (Å²) in [5.41, 5.74) is 1.81. The van der Waals surface area contributed by atoms with E-state index >= 15 is 0 Å². The highest BCUT2D eigenvalue weighted by Gasteiger charge is 2.33. The van der Waals surface area contributed by atoms with E-state index < -0.39 is 6.03 Å². The van der Waals surface area contributed by atoms with Crippen molar-refractivity contribution in [3.63, 3.8) is 0 Å². The fraction of sp³-hybridized carbons (Fsp3) is 0.130. The molecule has 1 fully saturated rings. The Morgan fingerprint density at radius 1 is 1.03 bits per heavy atom. The quantitative estimate of drug-likeness (QED) is 0.480. The Balaban J connectivity index is 1.70. The molecule has 3 aromatic rings. The maximum Gasteiger partial charge on any atom is 0.329 e. The summed E-state index contributed by atoms with van der Waals surface area (Å²) in [5.74, 6) is 0.289. The van der Waals surface area contributed by atoms with Crippen LogP contribution in [-0.2, 0) is 11.3 Å². The van der Waals surface area contributed by atoms with Crippen LogP contribution in [0.15, 0.2) is 66.4 Å². The van der Waals surface area contributed by atoms with Gasteiger partial charge in [0.1, 0.15) is 11.4 Å². The summed E-state index contributed by atoms with van der Waals surface area (Å²) in [6.07, 6.45) is 1.69. The van der Waals surface area contributed by atoms with E-state index in [0.29, 0.717) is 17.4 Å². The number of nitrogens with zero attached hydrogens (tertiary/aromatic N) is 1. The lowest BCUT2D eigenvalue weighted by Crippen LogP contribution is -2.30. The van der Waals surface area contributed by atoms with Crippen molar-refractivity contribution in [3.05, 3.63) is 82.5 Å². The zero-order valence-corrected chi connectivity index (χ0v) is 16.6.